The molecule has 2 saturated heterocycles. The van der Waals surface area contributed by atoms with Gasteiger partial charge in [-0.2, -0.15) is 0 Å². The molecule has 16 heteroatoms. The van der Waals surface area contributed by atoms with E-state index in [0.717, 1.165) is 61.2 Å². The van der Waals surface area contributed by atoms with Gasteiger partial charge in [0.25, 0.3) is 5.91 Å². The molecule has 2 aliphatic heterocycles. The van der Waals surface area contributed by atoms with Gasteiger partial charge in [-0.1, -0.05) is 61.5 Å². The number of nitrogens with one attached hydrogen (secondary N) is 2. The molecular formula is C46H62BN5O9S. The number of nitrogens with zero attached hydrogens (tertiary/aromatic N) is 3. The number of anilines is 1. The third-order valence-corrected chi connectivity index (χ3v) is 13.3. The topological polar surface area (TPSA) is 159 Å². The van der Waals surface area contributed by atoms with Crippen LogP contribution in [0.15, 0.2) is 53.0 Å². The Hall–Kier alpha value is -4.51. The minimum absolute atomic E-state index is 0.0878. The van der Waals surface area contributed by atoms with Crippen LogP contribution in [0.4, 0.5) is 9.93 Å². The van der Waals surface area contributed by atoms with E-state index in [4.69, 9.17) is 28.4 Å². The Labute approximate surface area is 369 Å². The minimum Gasteiger partial charge on any atom is -0.496 e. The van der Waals surface area contributed by atoms with Crippen molar-refractivity contribution >= 4 is 47.3 Å². The second-order valence-electron chi connectivity index (χ2n) is 19.8. The van der Waals surface area contributed by atoms with Crippen molar-refractivity contribution in [3.05, 3.63) is 75.8 Å². The first-order valence-electron chi connectivity index (χ1n) is 21.7. The summed E-state index contributed by atoms with van der Waals surface area (Å²) < 4.78 is 31.3. The van der Waals surface area contributed by atoms with Crippen molar-refractivity contribution < 1.29 is 42.7 Å². The van der Waals surface area contributed by atoms with Crippen LogP contribution in [0.1, 0.15) is 121 Å². The van der Waals surface area contributed by atoms with E-state index in [0.29, 0.717) is 29.3 Å². The maximum Gasteiger partial charge on any atom is 0.482 e. The minimum atomic E-state index is -0.866. The van der Waals surface area contributed by atoms with Crippen molar-refractivity contribution in [1.29, 1.82) is 0 Å². The van der Waals surface area contributed by atoms with Gasteiger partial charge in [0.1, 0.15) is 34.8 Å². The lowest BCUT2D eigenvalue weighted by molar-refractivity contribution is -0.199. The van der Waals surface area contributed by atoms with Gasteiger partial charge in [-0.15, -0.1) is 11.3 Å². The van der Waals surface area contributed by atoms with E-state index >= 15 is 0 Å². The summed E-state index contributed by atoms with van der Waals surface area (Å²) in [6, 6.07) is 13.4. The third kappa shape index (κ3) is 10.1. The molecule has 334 valence electrons. The molecule has 3 saturated carbocycles. The van der Waals surface area contributed by atoms with Crippen molar-refractivity contribution in [2.75, 3.05) is 25.5 Å². The maximum absolute atomic E-state index is 14.8. The summed E-state index contributed by atoms with van der Waals surface area (Å²) in [5.41, 5.74) is 0.775. The Morgan fingerprint density at radius 2 is 1.68 bits per heavy atom. The summed E-state index contributed by atoms with van der Waals surface area (Å²) >= 11 is 1.12. The normalized spacial score (nSPS) is 23.8. The monoisotopic (exact) mass is 871 g/mol. The Kier molecular flexibility index (Phi) is 13.2. The molecule has 2 aromatic carbocycles. The standard InChI is InChI=1S/C46H62BN5O9S/c1-43(2,3)58-40(54)36-30(25-52-20-14-15-21-52)19-18-29(38(36)56-10)22-35(47-60-34-24-31-23-33(45(31,7)8)46(34,9)61-47)49-39(53)37(51-57-26-28-16-12-11-13-17-28)32-27-62-41(48-32)50-42(55)59-44(4,5)6/h11-13,16-19,27,31,33-35H,14-15,20-26H2,1-10H3,(H,49,53)(H,48,50,55)/b51-37-/t31-,33+,34?,35+,46+/m1/s1. The number of thiazole rings is 1. The molecule has 5 atom stereocenters. The lowest BCUT2D eigenvalue weighted by Gasteiger charge is -2.64. The van der Waals surface area contributed by atoms with Crippen LogP contribution in [-0.4, -0.2) is 89.7 Å². The van der Waals surface area contributed by atoms with E-state index in [1.54, 1.807) is 33.3 Å². The molecule has 5 aliphatic rings. The highest BCUT2D eigenvalue weighted by Crippen LogP contribution is 2.65. The number of hydrogen-bond donors (Lipinski definition) is 2. The Morgan fingerprint density at radius 1 is 0.984 bits per heavy atom. The van der Waals surface area contributed by atoms with Gasteiger partial charge < -0.3 is 33.7 Å². The molecule has 2 bridgehead atoms. The predicted octanol–water partition coefficient (Wildman–Crippen LogP) is 7.97. The van der Waals surface area contributed by atoms with Crippen LogP contribution in [-0.2, 0) is 48.0 Å². The molecule has 62 heavy (non-hydrogen) atoms. The molecule has 5 fully saturated rings. The number of esters is 1. The number of carbonyl (C=O) groups excluding carboxylic acids is 3. The van der Waals surface area contributed by atoms with E-state index in [9.17, 15) is 14.4 Å². The fourth-order valence-corrected chi connectivity index (χ4v) is 10.1. The van der Waals surface area contributed by atoms with E-state index in [-0.39, 0.29) is 47.0 Å². The molecule has 3 aliphatic carbocycles. The summed E-state index contributed by atoms with van der Waals surface area (Å²) in [4.78, 5) is 54.2. The van der Waals surface area contributed by atoms with Crippen LogP contribution < -0.4 is 15.4 Å². The van der Waals surface area contributed by atoms with Gasteiger partial charge in [0.05, 0.1) is 24.8 Å². The molecule has 14 nitrogen and oxygen atoms in total. The molecule has 1 aromatic heterocycles. The number of oxime groups is 1. The summed E-state index contributed by atoms with van der Waals surface area (Å²) in [7, 11) is 0.683. The quantitative estimate of drug-likeness (QED) is 0.0701. The summed E-state index contributed by atoms with van der Waals surface area (Å²) in [5.74, 6) is -0.734. The Bertz CT molecular complexity index is 2150. The van der Waals surface area contributed by atoms with Gasteiger partial charge in [0.15, 0.2) is 10.8 Å². The predicted molar refractivity (Wildman–Crippen MR) is 238 cm³/mol. The van der Waals surface area contributed by atoms with E-state index in [1.807, 2.05) is 63.2 Å². The molecule has 3 heterocycles. The molecule has 8 rings (SSSR count). The number of likely N-dealkylation sites (tertiary alicyclic amines) is 1. The number of benzene rings is 2. The lowest BCUT2D eigenvalue weighted by Crippen LogP contribution is -2.65. The zero-order chi connectivity index (χ0) is 44.6. The van der Waals surface area contributed by atoms with Gasteiger partial charge in [-0.3, -0.25) is 15.0 Å². The van der Waals surface area contributed by atoms with Crippen LogP contribution in [0, 0.1) is 17.3 Å². The van der Waals surface area contributed by atoms with Gasteiger partial charge in [0.2, 0.25) is 0 Å². The number of aromatic nitrogens is 1. The van der Waals surface area contributed by atoms with Crippen LogP contribution >= 0.6 is 11.3 Å². The number of rotatable bonds is 14. The highest BCUT2D eigenvalue weighted by molar-refractivity contribution is 7.14. The molecule has 2 N–H and O–H groups in total. The molecule has 1 unspecified atom stereocenters. The van der Waals surface area contributed by atoms with Gasteiger partial charge in [0, 0.05) is 11.9 Å². The second-order valence-corrected chi connectivity index (χ2v) is 20.6. The van der Waals surface area contributed by atoms with Crippen LogP contribution in [0.25, 0.3) is 0 Å². The Balaban J connectivity index is 1.24. The first-order chi connectivity index (χ1) is 29.2. The van der Waals surface area contributed by atoms with Crippen molar-refractivity contribution in [2.45, 2.75) is 136 Å². The van der Waals surface area contributed by atoms with E-state index in [1.165, 1.54) is 0 Å². The zero-order valence-electron chi connectivity index (χ0n) is 37.8. The van der Waals surface area contributed by atoms with Crippen LogP contribution in [0.5, 0.6) is 5.75 Å². The number of methoxy groups -OCH3 is 1. The zero-order valence-corrected chi connectivity index (χ0v) is 38.6. The van der Waals surface area contributed by atoms with Gasteiger partial charge >= 0.3 is 19.2 Å². The smallest absolute Gasteiger partial charge is 0.482 e. The highest BCUT2D eigenvalue weighted by Gasteiger charge is 2.68. The van der Waals surface area contributed by atoms with E-state index in [2.05, 4.69) is 46.4 Å². The van der Waals surface area contributed by atoms with Gasteiger partial charge in [-0.05, 0) is 128 Å². The lowest BCUT2D eigenvalue weighted by atomic mass is 9.43. The largest absolute Gasteiger partial charge is 0.496 e. The van der Waals surface area contributed by atoms with Crippen LogP contribution in [0.3, 0.4) is 0 Å². The van der Waals surface area contributed by atoms with Crippen molar-refractivity contribution in [3.63, 3.8) is 0 Å². The first kappa shape index (κ1) is 45.5. The van der Waals surface area contributed by atoms with Crippen molar-refractivity contribution in [2.24, 2.45) is 22.4 Å². The Morgan fingerprint density at radius 3 is 2.34 bits per heavy atom. The molecule has 0 radical (unpaired) electrons. The number of amides is 2. The summed E-state index contributed by atoms with van der Waals surface area (Å²) in [5, 5.41) is 12.0. The maximum atomic E-state index is 14.8. The third-order valence-electron chi connectivity index (χ3n) is 12.6. The second kappa shape index (κ2) is 17.9. The van der Waals surface area contributed by atoms with E-state index < -0.39 is 47.8 Å². The molecule has 3 aromatic rings. The van der Waals surface area contributed by atoms with Crippen LogP contribution in [0.2, 0.25) is 0 Å². The number of carbonyl (C=O) groups is 3. The SMILES string of the molecule is COc1c(C[C@H](NC(=O)/C(=N\OCc2ccccc2)c2csc(NC(=O)OC(C)(C)C)n2)B2OC3C[C@H]4C[C@@H](C4(C)C)[C@]3(C)O2)ccc(CN2CCCC2)c1C(=O)OC(C)(C)C. The number of ether oxygens (including phenoxy) is 3. The summed E-state index contributed by atoms with van der Waals surface area (Å²) in [6.45, 7) is 20.1. The molecule has 0 spiro atoms. The average Bonchev–Trinajstić information content (AvgIpc) is 3.95. The number of hydrogen-bond acceptors (Lipinski definition) is 13. The highest BCUT2D eigenvalue weighted by atomic mass is 32.1. The van der Waals surface area contributed by atoms with Crippen molar-refractivity contribution in [3.8, 4) is 5.75 Å². The fraction of sp³-hybridized carbons (Fsp3) is 0.587. The molecule has 2 amide bonds. The average molecular weight is 872 g/mol. The van der Waals surface area contributed by atoms with Gasteiger partial charge in [-0.25, -0.2) is 14.6 Å². The summed E-state index contributed by atoms with van der Waals surface area (Å²) in [6.07, 6.45) is 3.42. The molecular weight excluding hydrogens is 809 g/mol. The fourth-order valence-electron chi connectivity index (χ4n) is 9.47. The first-order valence-corrected chi connectivity index (χ1v) is 22.6. The van der Waals surface area contributed by atoms with Crippen molar-refractivity contribution in [1.82, 2.24) is 15.2 Å².